The second-order valence-corrected chi connectivity index (χ2v) is 2.90. The lowest BCUT2D eigenvalue weighted by Gasteiger charge is -2.01. The smallest absolute Gasteiger partial charge is 0.256 e. The highest BCUT2D eigenvalue weighted by Crippen LogP contribution is 2.05. The molecule has 2 aromatic carbocycles. The van der Waals surface area contributed by atoms with Crippen LogP contribution in [0.1, 0.15) is 10.4 Å². The van der Waals surface area contributed by atoms with Crippen molar-refractivity contribution >= 4 is 11.6 Å². The van der Waals surface area contributed by atoms with Gasteiger partial charge in [0.1, 0.15) is 0 Å². The molecule has 0 aliphatic heterocycles. The summed E-state index contributed by atoms with van der Waals surface area (Å²) in [5, 5.41) is 2.73. The fourth-order valence-electron chi connectivity index (χ4n) is 1.12. The average Bonchev–Trinajstić information content (AvgIpc) is 2.31. The molecule has 0 aliphatic rings. The van der Waals surface area contributed by atoms with Gasteiger partial charge < -0.3 is 5.32 Å². The molecule has 2 nitrogen and oxygen atoms in total. The second kappa shape index (κ2) is 4.17. The molecule has 0 aliphatic carbocycles. The van der Waals surface area contributed by atoms with Gasteiger partial charge in [0, 0.05) is 17.7 Å². The van der Waals surface area contributed by atoms with E-state index in [4.69, 9.17) is 0 Å². The van der Waals surface area contributed by atoms with Crippen molar-refractivity contribution in [1.29, 1.82) is 0 Å². The highest BCUT2D eigenvalue weighted by molar-refractivity contribution is 6.04. The van der Waals surface area contributed by atoms with E-state index in [-0.39, 0.29) is 5.91 Å². The van der Waals surface area contributed by atoms with Crippen LogP contribution in [0.2, 0.25) is 0 Å². The Hall–Kier alpha value is -2.45. The maximum atomic E-state index is 11.6. The normalized spacial score (nSPS) is 8.53. The minimum absolute atomic E-state index is 0.167. The number of anilines is 1. The van der Waals surface area contributed by atoms with Crippen molar-refractivity contribution in [2.45, 2.75) is 0 Å². The van der Waals surface area contributed by atoms with Crippen molar-refractivity contribution in [2.24, 2.45) is 0 Å². The zero-order valence-electron chi connectivity index (χ0n) is 7.87. The second-order valence-electron chi connectivity index (χ2n) is 2.90. The number of rotatable bonds is 2. The van der Waals surface area contributed by atoms with Crippen molar-refractivity contribution < 1.29 is 4.79 Å². The minimum Gasteiger partial charge on any atom is -0.321 e. The van der Waals surface area contributed by atoms with E-state index in [2.05, 4.69) is 29.6 Å². The number of carbonyl (C=O) groups excluding carboxylic acids is 1. The molecule has 15 heavy (non-hydrogen) atoms. The number of hydrogen-bond acceptors (Lipinski definition) is 1. The first-order valence-electron chi connectivity index (χ1n) is 4.43. The van der Waals surface area contributed by atoms with Crippen LogP contribution >= 0.6 is 0 Å². The van der Waals surface area contributed by atoms with Crippen LogP contribution in [0.4, 0.5) is 5.69 Å². The number of hydrogen-bond donors (Lipinski definition) is 1. The molecule has 0 bridgehead atoms. The first-order chi connectivity index (χ1) is 7.36. The van der Waals surface area contributed by atoms with E-state index >= 15 is 0 Å². The van der Waals surface area contributed by atoms with E-state index in [0.717, 1.165) is 0 Å². The zero-order valence-corrected chi connectivity index (χ0v) is 7.87. The van der Waals surface area contributed by atoms with Gasteiger partial charge in [-0.25, -0.2) is 0 Å². The summed E-state index contributed by atoms with van der Waals surface area (Å²) < 4.78 is 0. The topological polar surface area (TPSA) is 29.1 Å². The SMILES string of the molecule is O=C(Nc1cc#ccc1)c1cc#ccc1. The summed E-state index contributed by atoms with van der Waals surface area (Å²) in [4.78, 5) is 11.6. The quantitative estimate of drug-likeness (QED) is 0.777. The van der Waals surface area contributed by atoms with Crippen LogP contribution in [0.15, 0.2) is 36.4 Å². The Kier molecular flexibility index (Phi) is 2.54. The molecule has 2 rings (SSSR count). The van der Waals surface area contributed by atoms with E-state index in [0.29, 0.717) is 11.3 Å². The van der Waals surface area contributed by atoms with Crippen LogP contribution in [-0.2, 0) is 0 Å². The summed E-state index contributed by atoms with van der Waals surface area (Å²) in [5.41, 5.74) is 1.26. The van der Waals surface area contributed by atoms with Gasteiger partial charge in [-0.05, 0) is 24.3 Å². The summed E-state index contributed by atoms with van der Waals surface area (Å²) in [6.45, 7) is 0. The molecule has 0 heterocycles. The van der Waals surface area contributed by atoms with Gasteiger partial charge in [-0.1, -0.05) is 24.3 Å². The largest absolute Gasteiger partial charge is 0.321 e. The molecule has 0 unspecified atom stereocenters. The fourth-order valence-corrected chi connectivity index (χ4v) is 1.12. The van der Waals surface area contributed by atoms with Gasteiger partial charge in [-0.15, -0.1) is 0 Å². The van der Waals surface area contributed by atoms with Gasteiger partial charge in [0.15, 0.2) is 0 Å². The third-order valence-electron chi connectivity index (χ3n) is 1.83. The van der Waals surface area contributed by atoms with E-state index in [1.54, 1.807) is 36.4 Å². The monoisotopic (exact) mass is 193 g/mol. The molecule has 70 valence electrons. The van der Waals surface area contributed by atoms with Crippen LogP contribution in [0.3, 0.4) is 0 Å². The Labute approximate surface area is 88.6 Å². The van der Waals surface area contributed by atoms with E-state index < -0.39 is 0 Å². The summed E-state index contributed by atoms with van der Waals surface area (Å²) in [6, 6.07) is 21.0. The van der Waals surface area contributed by atoms with E-state index in [1.165, 1.54) is 0 Å². The first kappa shape index (κ1) is 9.12. The maximum absolute atomic E-state index is 11.6. The molecular weight excluding hydrogens is 186 g/mol. The highest BCUT2D eigenvalue weighted by Gasteiger charge is 2.03. The van der Waals surface area contributed by atoms with Gasteiger partial charge in [-0.3, -0.25) is 4.79 Å². The lowest BCUT2D eigenvalue weighted by molar-refractivity contribution is 0.102. The first-order valence-corrected chi connectivity index (χ1v) is 4.43. The van der Waals surface area contributed by atoms with Crippen LogP contribution in [0.5, 0.6) is 0 Å². The molecule has 1 N–H and O–H groups in total. The molecule has 0 atom stereocenters. The Morgan fingerprint density at radius 1 is 1.00 bits per heavy atom. The molecule has 2 aromatic rings. The van der Waals surface area contributed by atoms with Crippen molar-refractivity contribution in [3.63, 3.8) is 0 Å². The molecule has 0 aromatic heterocycles. The fraction of sp³-hybridized carbons (Fsp3) is 0. The maximum Gasteiger partial charge on any atom is 0.256 e. The highest BCUT2D eigenvalue weighted by atomic mass is 16.1. The van der Waals surface area contributed by atoms with Crippen LogP contribution in [0.25, 0.3) is 0 Å². The summed E-state index contributed by atoms with van der Waals surface area (Å²) in [5.74, 6) is -0.167. The Morgan fingerprint density at radius 3 is 2.33 bits per heavy atom. The summed E-state index contributed by atoms with van der Waals surface area (Å²) >= 11 is 0. The zero-order chi connectivity index (χ0) is 10.5. The van der Waals surface area contributed by atoms with Crippen molar-refractivity contribution in [1.82, 2.24) is 0 Å². The summed E-state index contributed by atoms with van der Waals surface area (Å²) in [7, 11) is 0. The predicted molar refractivity (Wildman–Crippen MR) is 56.2 cm³/mol. The molecule has 0 radical (unpaired) electrons. The number of amides is 1. The lowest BCUT2D eigenvalue weighted by Crippen LogP contribution is -2.11. The molecule has 0 fully saturated rings. The van der Waals surface area contributed by atoms with Gasteiger partial charge in [0.25, 0.3) is 5.91 Å². The standard InChI is InChI=1S/C13H7NO/c15-13(11-7-3-1-4-8-11)14-12-9-5-2-6-10-12/h3,5,7-10H,(H,14,15). The van der Waals surface area contributed by atoms with Gasteiger partial charge in [-0.2, -0.15) is 0 Å². The van der Waals surface area contributed by atoms with Gasteiger partial charge in [0.2, 0.25) is 0 Å². The van der Waals surface area contributed by atoms with Crippen LogP contribution in [0, 0.1) is 24.3 Å². The summed E-state index contributed by atoms with van der Waals surface area (Å²) in [6.07, 6.45) is 0. The molecule has 0 saturated heterocycles. The van der Waals surface area contributed by atoms with Crippen LogP contribution < -0.4 is 5.32 Å². The van der Waals surface area contributed by atoms with Crippen molar-refractivity contribution in [3.05, 3.63) is 66.2 Å². The van der Waals surface area contributed by atoms with E-state index in [1.807, 2.05) is 0 Å². The van der Waals surface area contributed by atoms with Crippen LogP contribution in [-0.4, -0.2) is 5.91 Å². The average molecular weight is 193 g/mol. The molecular formula is C13H7NO. The Balaban J connectivity index is 2.12. The molecule has 0 saturated carbocycles. The van der Waals surface area contributed by atoms with Gasteiger partial charge in [0.05, 0.1) is 5.69 Å². The van der Waals surface area contributed by atoms with Gasteiger partial charge >= 0.3 is 0 Å². The predicted octanol–water partition coefficient (Wildman–Crippen LogP) is 2.14. The van der Waals surface area contributed by atoms with Crippen molar-refractivity contribution in [2.75, 3.05) is 5.32 Å². The number of carbonyl (C=O) groups is 1. The number of nitrogens with one attached hydrogen (secondary N) is 1. The van der Waals surface area contributed by atoms with Crippen molar-refractivity contribution in [3.8, 4) is 0 Å². The molecule has 1 amide bonds. The minimum atomic E-state index is -0.167. The Morgan fingerprint density at radius 2 is 1.73 bits per heavy atom. The molecule has 0 spiro atoms. The third kappa shape index (κ3) is 2.27. The molecule has 2 heteroatoms. The Bertz CT molecular complexity index is 437. The lowest BCUT2D eigenvalue weighted by atomic mass is 10.2. The third-order valence-corrected chi connectivity index (χ3v) is 1.83. The van der Waals surface area contributed by atoms with E-state index in [9.17, 15) is 4.79 Å².